The quantitative estimate of drug-likeness (QED) is 0.776. The molecule has 3 nitrogen and oxygen atoms in total. The molecule has 0 radical (unpaired) electrons. The van der Waals surface area contributed by atoms with Gasteiger partial charge in [-0.05, 0) is 12.1 Å². The highest BCUT2D eigenvalue weighted by atomic mass is 79.9. The van der Waals surface area contributed by atoms with Crippen molar-refractivity contribution in [3.63, 3.8) is 0 Å². The number of aromatic hydroxyl groups is 1. The van der Waals surface area contributed by atoms with Gasteiger partial charge in [0, 0.05) is 14.5 Å². The van der Waals surface area contributed by atoms with E-state index >= 15 is 0 Å². The minimum atomic E-state index is -3.49. The summed E-state index contributed by atoms with van der Waals surface area (Å²) in [6.07, 6.45) is 0. The number of halogens is 4. The van der Waals surface area contributed by atoms with Crippen LogP contribution >= 0.6 is 31.9 Å². The number of phenols is 1. The molecule has 0 saturated carbocycles. The molecule has 0 aliphatic rings. The molecule has 0 unspecified atom stereocenters. The molecule has 0 aliphatic carbocycles. The molecule has 0 aliphatic heterocycles. The van der Waals surface area contributed by atoms with Gasteiger partial charge in [0.25, 0.3) is 5.92 Å². The van der Waals surface area contributed by atoms with Crippen molar-refractivity contribution in [1.29, 1.82) is 0 Å². The summed E-state index contributed by atoms with van der Waals surface area (Å²) in [4.78, 5) is 0. The average Bonchev–Trinajstić information content (AvgIpc) is 2.15. The number of alkyl halides is 2. The first-order chi connectivity index (χ1) is 7.29. The number of aliphatic hydroxyl groups is 1. The van der Waals surface area contributed by atoms with Crippen molar-refractivity contribution >= 4 is 31.9 Å². The second kappa shape index (κ2) is 4.95. The van der Waals surface area contributed by atoms with Crippen molar-refractivity contribution < 1.29 is 19.0 Å². The van der Waals surface area contributed by atoms with Gasteiger partial charge >= 0.3 is 0 Å². The highest BCUT2D eigenvalue weighted by Crippen LogP contribution is 2.39. The van der Waals surface area contributed by atoms with E-state index in [1.807, 2.05) is 0 Å². The fraction of sp³-hybridized carbons (Fsp3) is 0.333. The van der Waals surface area contributed by atoms with Crippen LogP contribution in [0.2, 0.25) is 0 Å². The van der Waals surface area contributed by atoms with E-state index in [4.69, 9.17) is 10.8 Å². The zero-order chi connectivity index (χ0) is 12.5. The van der Waals surface area contributed by atoms with E-state index in [1.165, 1.54) is 12.1 Å². The Balaban J connectivity index is 3.24. The Hall–Kier alpha value is -0.240. The standard InChI is InChI=1S/C9H9Br2F2NO2/c10-4-1-5(11)7(6(16)2-4)8(14)9(12,13)3-15/h1-2,8,15-16H,3,14H2/t8-/m0/s1. The summed E-state index contributed by atoms with van der Waals surface area (Å²) in [5.41, 5.74) is 5.18. The molecule has 7 heteroatoms. The summed E-state index contributed by atoms with van der Waals surface area (Å²) >= 11 is 6.13. The van der Waals surface area contributed by atoms with Gasteiger partial charge in [-0.1, -0.05) is 31.9 Å². The predicted molar refractivity (Wildman–Crippen MR) is 62.5 cm³/mol. The van der Waals surface area contributed by atoms with Crippen LogP contribution in [0, 0.1) is 0 Å². The topological polar surface area (TPSA) is 66.5 Å². The number of hydrogen-bond donors (Lipinski definition) is 3. The Morgan fingerprint density at radius 2 is 1.94 bits per heavy atom. The van der Waals surface area contributed by atoms with Gasteiger partial charge in [-0.3, -0.25) is 0 Å². The van der Waals surface area contributed by atoms with Crippen LogP contribution in [0.5, 0.6) is 5.75 Å². The van der Waals surface area contributed by atoms with Crippen LogP contribution < -0.4 is 5.73 Å². The molecule has 1 aromatic carbocycles. The summed E-state index contributed by atoms with van der Waals surface area (Å²) in [6, 6.07) is 0.968. The van der Waals surface area contributed by atoms with Gasteiger partial charge in [0.05, 0.1) is 0 Å². The molecule has 1 atom stereocenters. The lowest BCUT2D eigenvalue weighted by atomic mass is 10.0. The van der Waals surface area contributed by atoms with Gasteiger partial charge in [0.15, 0.2) is 0 Å². The smallest absolute Gasteiger partial charge is 0.289 e. The lowest BCUT2D eigenvalue weighted by Gasteiger charge is -2.23. The van der Waals surface area contributed by atoms with Crippen LogP contribution in [0.4, 0.5) is 8.78 Å². The maximum absolute atomic E-state index is 13.2. The van der Waals surface area contributed by atoms with Gasteiger partial charge in [-0.25, -0.2) is 8.78 Å². The molecule has 90 valence electrons. The molecule has 0 fully saturated rings. The van der Waals surface area contributed by atoms with Crippen LogP contribution in [-0.4, -0.2) is 22.7 Å². The third kappa shape index (κ3) is 2.71. The molecular formula is C9H9Br2F2NO2. The molecule has 0 heterocycles. The van der Waals surface area contributed by atoms with E-state index in [-0.39, 0.29) is 15.8 Å². The maximum Gasteiger partial charge on any atom is 0.289 e. The summed E-state index contributed by atoms with van der Waals surface area (Å²) in [5.74, 6) is -3.85. The minimum absolute atomic E-state index is 0.137. The van der Waals surface area contributed by atoms with Crippen molar-refractivity contribution in [2.75, 3.05) is 6.61 Å². The molecule has 0 saturated heterocycles. The molecule has 1 rings (SSSR count). The van der Waals surface area contributed by atoms with Gasteiger partial charge in [-0.2, -0.15) is 0 Å². The number of benzene rings is 1. The summed E-state index contributed by atoms with van der Waals surface area (Å²) in [7, 11) is 0. The van der Waals surface area contributed by atoms with Gasteiger partial charge < -0.3 is 15.9 Å². The zero-order valence-corrected chi connectivity index (χ0v) is 11.1. The highest BCUT2D eigenvalue weighted by Gasteiger charge is 2.39. The first-order valence-electron chi connectivity index (χ1n) is 4.21. The fourth-order valence-corrected chi connectivity index (χ4v) is 2.64. The maximum atomic E-state index is 13.2. The van der Waals surface area contributed by atoms with Crippen molar-refractivity contribution in [2.45, 2.75) is 12.0 Å². The van der Waals surface area contributed by atoms with E-state index in [1.54, 1.807) is 0 Å². The highest BCUT2D eigenvalue weighted by molar-refractivity contribution is 9.11. The number of rotatable bonds is 3. The second-order valence-corrected chi connectivity index (χ2v) is 4.99. The van der Waals surface area contributed by atoms with Crippen molar-refractivity contribution in [2.24, 2.45) is 5.73 Å². The first kappa shape index (κ1) is 13.8. The van der Waals surface area contributed by atoms with Crippen molar-refractivity contribution in [1.82, 2.24) is 0 Å². The molecule has 0 bridgehead atoms. The molecule has 1 aromatic rings. The summed E-state index contributed by atoms with van der Waals surface area (Å²) in [5, 5.41) is 18.1. The lowest BCUT2D eigenvalue weighted by molar-refractivity contribution is -0.0717. The Morgan fingerprint density at radius 3 is 2.38 bits per heavy atom. The van der Waals surface area contributed by atoms with E-state index in [9.17, 15) is 13.9 Å². The van der Waals surface area contributed by atoms with Crippen LogP contribution in [0.25, 0.3) is 0 Å². The van der Waals surface area contributed by atoms with Gasteiger partial charge in [-0.15, -0.1) is 0 Å². The minimum Gasteiger partial charge on any atom is -0.508 e. The predicted octanol–water partition coefficient (Wildman–Crippen LogP) is 2.54. The van der Waals surface area contributed by atoms with E-state index in [0.29, 0.717) is 4.47 Å². The number of aliphatic hydroxyl groups excluding tert-OH is 1. The molecule has 0 aromatic heterocycles. The average molecular weight is 361 g/mol. The largest absolute Gasteiger partial charge is 0.508 e. The second-order valence-electron chi connectivity index (χ2n) is 3.22. The molecular weight excluding hydrogens is 352 g/mol. The number of phenolic OH excluding ortho intramolecular Hbond substituents is 1. The fourth-order valence-electron chi connectivity index (χ4n) is 1.19. The Morgan fingerprint density at radius 1 is 1.38 bits per heavy atom. The van der Waals surface area contributed by atoms with Crippen LogP contribution in [0.1, 0.15) is 11.6 Å². The van der Waals surface area contributed by atoms with E-state index in [0.717, 1.165) is 0 Å². The summed E-state index contributed by atoms with van der Waals surface area (Å²) < 4.78 is 27.1. The first-order valence-corrected chi connectivity index (χ1v) is 5.80. The Labute approximate surface area is 108 Å². The third-order valence-corrected chi connectivity index (χ3v) is 3.16. The van der Waals surface area contributed by atoms with Crippen LogP contribution in [0.15, 0.2) is 21.1 Å². The van der Waals surface area contributed by atoms with Crippen LogP contribution in [0.3, 0.4) is 0 Å². The monoisotopic (exact) mass is 359 g/mol. The summed E-state index contributed by atoms with van der Waals surface area (Å²) in [6.45, 7) is -1.38. The third-order valence-electron chi connectivity index (χ3n) is 2.05. The van der Waals surface area contributed by atoms with Gasteiger partial charge in [0.1, 0.15) is 18.4 Å². The Bertz CT molecular complexity index is 378. The molecule has 4 N–H and O–H groups in total. The SMILES string of the molecule is N[C@@H](c1c(O)cc(Br)cc1Br)C(F)(F)CO. The lowest BCUT2D eigenvalue weighted by Crippen LogP contribution is -2.36. The van der Waals surface area contributed by atoms with Crippen molar-refractivity contribution in [3.8, 4) is 5.75 Å². The van der Waals surface area contributed by atoms with Crippen LogP contribution in [-0.2, 0) is 0 Å². The molecule has 0 spiro atoms. The molecule has 0 amide bonds. The zero-order valence-electron chi connectivity index (χ0n) is 7.92. The molecule has 16 heavy (non-hydrogen) atoms. The number of nitrogens with two attached hydrogens (primary N) is 1. The normalized spacial score (nSPS) is 13.9. The Kier molecular flexibility index (Phi) is 4.28. The van der Waals surface area contributed by atoms with Gasteiger partial charge in [0.2, 0.25) is 0 Å². The van der Waals surface area contributed by atoms with Crippen molar-refractivity contribution in [3.05, 3.63) is 26.6 Å². The van der Waals surface area contributed by atoms with E-state index in [2.05, 4.69) is 31.9 Å². The number of hydrogen-bond acceptors (Lipinski definition) is 3. The van der Waals surface area contributed by atoms with E-state index < -0.39 is 18.6 Å².